The van der Waals surface area contributed by atoms with Crippen molar-refractivity contribution in [3.05, 3.63) is 12.2 Å². The molecule has 2 aliphatic carbocycles. The second-order valence-corrected chi connectivity index (χ2v) is 15.4. The third-order valence-corrected chi connectivity index (χ3v) is 12.2. The highest BCUT2D eigenvalue weighted by atomic mass is 28.4. The van der Waals surface area contributed by atoms with Crippen LogP contribution in [-0.4, -0.2) is 44.6 Å². The maximum absolute atomic E-state index is 10.7. The minimum atomic E-state index is -1.82. The zero-order valence-electron chi connectivity index (χ0n) is 18.9. The first-order valence-electron chi connectivity index (χ1n) is 11.4. The molecule has 0 amide bonds. The van der Waals surface area contributed by atoms with Crippen molar-refractivity contribution in [3.63, 3.8) is 0 Å². The van der Waals surface area contributed by atoms with E-state index < -0.39 is 8.32 Å². The summed E-state index contributed by atoms with van der Waals surface area (Å²) >= 11 is 0. The van der Waals surface area contributed by atoms with Crippen LogP contribution in [0.4, 0.5) is 0 Å². The first-order valence-corrected chi connectivity index (χ1v) is 14.3. The van der Waals surface area contributed by atoms with Crippen molar-refractivity contribution >= 4 is 8.32 Å². The van der Waals surface area contributed by atoms with Crippen LogP contribution < -0.4 is 0 Å². The lowest BCUT2D eigenvalue weighted by Crippen LogP contribution is -2.53. The predicted molar refractivity (Wildman–Crippen MR) is 116 cm³/mol. The molecule has 3 aliphatic rings. The molecule has 4 nitrogen and oxygen atoms in total. The SMILES string of the molecule is CCCCCC(/C=C/[C@H]1[C@@H]2CC3(OCCO3)[C@@H]2C[C@@H]1O)O[Si](C)(C)C(C)(C)C. The predicted octanol–water partition coefficient (Wildman–Crippen LogP) is 5.27. The van der Waals surface area contributed by atoms with Crippen molar-refractivity contribution in [3.8, 4) is 0 Å². The summed E-state index contributed by atoms with van der Waals surface area (Å²) in [4.78, 5) is 0. The van der Waals surface area contributed by atoms with Gasteiger partial charge in [0.1, 0.15) is 0 Å². The van der Waals surface area contributed by atoms with Crippen LogP contribution in [0.3, 0.4) is 0 Å². The number of rotatable bonds is 8. The van der Waals surface area contributed by atoms with Gasteiger partial charge >= 0.3 is 0 Å². The molecule has 5 atom stereocenters. The van der Waals surface area contributed by atoms with Gasteiger partial charge in [-0.2, -0.15) is 0 Å². The number of aliphatic hydroxyl groups excluding tert-OH is 1. The molecule has 3 rings (SSSR count). The van der Waals surface area contributed by atoms with Gasteiger partial charge in [-0.3, -0.25) is 0 Å². The molecule has 1 saturated heterocycles. The van der Waals surface area contributed by atoms with Gasteiger partial charge in [0, 0.05) is 18.3 Å². The van der Waals surface area contributed by atoms with Gasteiger partial charge in [-0.1, -0.05) is 59.1 Å². The molecule has 0 bridgehead atoms. The van der Waals surface area contributed by atoms with Gasteiger partial charge < -0.3 is 19.0 Å². The van der Waals surface area contributed by atoms with E-state index in [4.69, 9.17) is 13.9 Å². The van der Waals surface area contributed by atoms with Crippen LogP contribution in [0.25, 0.3) is 0 Å². The minimum absolute atomic E-state index is 0.159. The van der Waals surface area contributed by atoms with E-state index in [1.165, 1.54) is 19.3 Å². The van der Waals surface area contributed by atoms with Crippen LogP contribution in [0.2, 0.25) is 18.1 Å². The van der Waals surface area contributed by atoms with E-state index in [0.717, 1.165) is 19.3 Å². The topological polar surface area (TPSA) is 47.9 Å². The van der Waals surface area contributed by atoms with E-state index in [0.29, 0.717) is 25.0 Å². The Hall–Kier alpha value is -0.203. The Morgan fingerprint density at radius 3 is 2.50 bits per heavy atom. The summed E-state index contributed by atoms with van der Waals surface area (Å²) in [6, 6.07) is 0. The van der Waals surface area contributed by atoms with Crippen molar-refractivity contribution in [2.24, 2.45) is 17.8 Å². The first kappa shape index (κ1) is 22.5. The van der Waals surface area contributed by atoms with Crippen molar-refractivity contribution in [1.29, 1.82) is 0 Å². The van der Waals surface area contributed by atoms with E-state index in [-0.39, 0.29) is 29.0 Å². The molecule has 1 aliphatic heterocycles. The zero-order valence-corrected chi connectivity index (χ0v) is 19.9. The van der Waals surface area contributed by atoms with Crippen LogP contribution in [-0.2, 0) is 13.9 Å². The van der Waals surface area contributed by atoms with Crippen LogP contribution in [0, 0.1) is 17.8 Å². The lowest BCUT2D eigenvalue weighted by Gasteiger charge is -2.49. The van der Waals surface area contributed by atoms with E-state index in [1.54, 1.807) is 0 Å². The normalized spacial score (nSPS) is 33.4. The number of fused-ring (bicyclic) bond motifs is 2. The number of aliphatic hydroxyl groups is 1. The van der Waals surface area contributed by atoms with Crippen molar-refractivity contribution < 1.29 is 19.0 Å². The Labute approximate surface area is 173 Å². The summed E-state index contributed by atoms with van der Waals surface area (Å²) in [7, 11) is -1.82. The maximum atomic E-state index is 10.7. The molecule has 1 spiro atoms. The Kier molecular flexibility index (Phi) is 6.83. The summed E-state index contributed by atoms with van der Waals surface area (Å²) in [5.41, 5.74) is 0. The summed E-state index contributed by atoms with van der Waals surface area (Å²) in [6.07, 6.45) is 10.9. The Balaban J connectivity index is 1.65. The van der Waals surface area contributed by atoms with Crippen molar-refractivity contribution in [2.75, 3.05) is 13.2 Å². The molecular formula is C23H42O4Si. The molecule has 0 aromatic rings. The van der Waals surface area contributed by atoms with Gasteiger partial charge in [0.2, 0.25) is 0 Å². The average Bonchev–Trinajstić information content (AvgIpc) is 3.17. The van der Waals surface area contributed by atoms with Gasteiger partial charge in [0.15, 0.2) is 14.1 Å². The summed E-state index contributed by atoms with van der Waals surface area (Å²) in [5.74, 6) is 0.653. The van der Waals surface area contributed by atoms with Gasteiger partial charge in [-0.25, -0.2) is 0 Å². The standard InChI is InChI=1S/C23H42O4Si/c1-7-8-9-10-17(27-28(5,6)22(2,3)4)11-12-18-19-16-23(25-13-14-26-23)20(19)15-21(18)24/h11-12,17-21,24H,7-10,13-16H2,1-6H3/b12-11+/t17?,18-,19-,20+,21-/m0/s1. The lowest BCUT2D eigenvalue weighted by molar-refractivity contribution is -0.270. The number of hydrogen-bond donors (Lipinski definition) is 1. The first-order chi connectivity index (χ1) is 13.1. The van der Waals surface area contributed by atoms with Crippen molar-refractivity contribution in [2.45, 2.75) is 102 Å². The number of unbranched alkanes of at least 4 members (excludes halogenated alkanes) is 2. The largest absolute Gasteiger partial charge is 0.411 e. The molecule has 162 valence electrons. The number of ether oxygens (including phenoxy) is 2. The third kappa shape index (κ3) is 4.44. The molecule has 2 saturated carbocycles. The summed E-state index contributed by atoms with van der Waals surface area (Å²) in [6.45, 7) is 15.2. The molecule has 5 heteroatoms. The fourth-order valence-corrected chi connectivity index (χ4v) is 6.23. The third-order valence-electron chi connectivity index (χ3n) is 7.70. The summed E-state index contributed by atoms with van der Waals surface area (Å²) in [5, 5.41) is 10.9. The number of hydrogen-bond acceptors (Lipinski definition) is 4. The van der Waals surface area contributed by atoms with Crippen LogP contribution >= 0.6 is 0 Å². The van der Waals surface area contributed by atoms with Crippen LogP contribution in [0.1, 0.15) is 66.2 Å². The highest BCUT2D eigenvalue weighted by Crippen LogP contribution is 2.60. The quantitative estimate of drug-likeness (QED) is 0.336. The smallest absolute Gasteiger partial charge is 0.192 e. The second-order valence-electron chi connectivity index (χ2n) is 10.7. The second kappa shape index (κ2) is 8.50. The van der Waals surface area contributed by atoms with E-state index >= 15 is 0 Å². The van der Waals surface area contributed by atoms with Crippen molar-refractivity contribution in [1.82, 2.24) is 0 Å². The minimum Gasteiger partial charge on any atom is -0.411 e. The van der Waals surface area contributed by atoms with Gasteiger partial charge in [-0.05, 0) is 36.9 Å². The zero-order chi connectivity index (χ0) is 20.6. The molecule has 1 unspecified atom stereocenters. The fourth-order valence-electron chi connectivity index (χ4n) is 4.92. The monoisotopic (exact) mass is 410 g/mol. The molecule has 0 aromatic heterocycles. The molecule has 28 heavy (non-hydrogen) atoms. The Bertz CT molecular complexity index is 547. The summed E-state index contributed by atoms with van der Waals surface area (Å²) < 4.78 is 18.5. The molecular weight excluding hydrogens is 368 g/mol. The fraction of sp³-hybridized carbons (Fsp3) is 0.913. The maximum Gasteiger partial charge on any atom is 0.192 e. The van der Waals surface area contributed by atoms with Gasteiger partial charge in [0.25, 0.3) is 0 Å². The Morgan fingerprint density at radius 1 is 1.21 bits per heavy atom. The van der Waals surface area contributed by atoms with E-state index in [2.05, 4.69) is 52.9 Å². The highest BCUT2D eigenvalue weighted by Gasteiger charge is 2.64. The molecule has 1 heterocycles. The molecule has 0 radical (unpaired) electrons. The molecule has 0 aromatic carbocycles. The van der Waals surface area contributed by atoms with E-state index in [9.17, 15) is 5.11 Å². The van der Waals surface area contributed by atoms with E-state index in [1.807, 2.05) is 0 Å². The lowest BCUT2D eigenvalue weighted by atomic mass is 9.67. The molecule has 1 N–H and O–H groups in total. The molecule has 3 fully saturated rings. The highest BCUT2D eigenvalue weighted by molar-refractivity contribution is 6.74. The average molecular weight is 411 g/mol. The Morgan fingerprint density at radius 2 is 1.89 bits per heavy atom. The van der Waals surface area contributed by atoms with Crippen LogP contribution in [0.15, 0.2) is 12.2 Å². The van der Waals surface area contributed by atoms with Gasteiger partial charge in [-0.15, -0.1) is 0 Å². The van der Waals surface area contributed by atoms with Gasteiger partial charge in [0.05, 0.1) is 25.4 Å². The van der Waals surface area contributed by atoms with Crippen LogP contribution in [0.5, 0.6) is 0 Å².